The molecular formula is C15H21NO2. The van der Waals surface area contributed by atoms with Crippen LogP contribution in [0.2, 0.25) is 0 Å². The molecular weight excluding hydrogens is 226 g/mol. The molecule has 0 bridgehead atoms. The zero-order valence-electron chi connectivity index (χ0n) is 11.1. The van der Waals surface area contributed by atoms with Crippen molar-refractivity contribution in [3.8, 4) is 0 Å². The number of aliphatic carboxylic acids is 1. The summed E-state index contributed by atoms with van der Waals surface area (Å²) in [4.78, 5) is 12.9. The van der Waals surface area contributed by atoms with E-state index in [1.807, 2.05) is 24.3 Å². The van der Waals surface area contributed by atoms with Gasteiger partial charge < -0.3 is 10.0 Å². The van der Waals surface area contributed by atoms with Crippen molar-refractivity contribution < 1.29 is 9.90 Å². The average molecular weight is 247 g/mol. The van der Waals surface area contributed by atoms with E-state index < -0.39 is 5.97 Å². The molecule has 3 nitrogen and oxygen atoms in total. The summed E-state index contributed by atoms with van der Waals surface area (Å²) in [5, 5.41) is 8.70. The molecule has 98 valence electrons. The number of hydrogen-bond acceptors (Lipinski definition) is 2. The third-order valence-electron chi connectivity index (χ3n) is 2.85. The van der Waals surface area contributed by atoms with Crippen LogP contribution in [0.5, 0.6) is 0 Å². The predicted octanol–water partition coefficient (Wildman–Crippen LogP) is 3.41. The van der Waals surface area contributed by atoms with Crippen LogP contribution in [-0.2, 0) is 4.79 Å². The Kier molecular flexibility index (Phi) is 5.98. The molecule has 0 aliphatic rings. The minimum atomic E-state index is -0.915. The van der Waals surface area contributed by atoms with Gasteiger partial charge in [-0.25, -0.2) is 4.79 Å². The normalized spacial score (nSPS) is 10.8. The molecule has 0 heterocycles. The van der Waals surface area contributed by atoms with Crippen molar-refractivity contribution in [3.05, 3.63) is 35.9 Å². The van der Waals surface area contributed by atoms with Crippen molar-refractivity contribution in [1.82, 2.24) is 0 Å². The predicted molar refractivity (Wildman–Crippen MR) is 75.9 cm³/mol. The number of carboxylic acid groups (broad SMARTS) is 1. The molecule has 0 aliphatic carbocycles. The van der Waals surface area contributed by atoms with Crippen molar-refractivity contribution in [1.29, 1.82) is 0 Å². The first-order valence-corrected chi connectivity index (χ1v) is 6.44. The highest BCUT2D eigenvalue weighted by atomic mass is 16.4. The standard InChI is InChI=1S/C15H21NO2/c1-3-5-12-16(4-2)14-9-7-6-8-13(14)10-11-15(17)18/h6-11H,3-5,12H2,1-2H3,(H,17,18)/b11-10+. The molecule has 0 radical (unpaired) electrons. The van der Waals surface area contributed by atoms with E-state index in [2.05, 4.69) is 18.7 Å². The molecule has 0 fully saturated rings. The lowest BCUT2D eigenvalue weighted by Crippen LogP contribution is -2.24. The van der Waals surface area contributed by atoms with Crippen LogP contribution in [0.15, 0.2) is 30.3 Å². The Morgan fingerprint density at radius 1 is 1.33 bits per heavy atom. The van der Waals surface area contributed by atoms with Gasteiger partial charge in [0.2, 0.25) is 0 Å². The number of carboxylic acids is 1. The number of carbonyl (C=O) groups is 1. The molecule has 0 aliphatic heterocycles. The first-order chi connectivity index (χ1) is 8.69. The molecule has 0 unspecified atom stereocenters. The lowest BCUT2D eigenvalue weighted by atomic mass is 10.1. The van der Waals surface area contributed by atoms with Gasteiger partial charge in [-0.2, -0.15) is 0 Å². The summed E-state index contributed by atoms with van der Waals surface area (Å²) in [5.74, 6) is -0.915. The SMILES string of the molecule is CCCCN(CC)c1ccccc1/C=C/C(=O)O. The van der Waals surface area contributed by atoms with Crippen LogP contribution < -0.4 is 4.90 Å². The molecule has 0 amide bonds. The summed E-state index contributed by atoms with van der Waals surface area (Å²) in [5.41, 5.74) is 2.06. The quantitative estimate of drug-likeness (QED) is 0.751. The summed E-state index contributed by atoms with van der Waals surface area (Å²) in [6.07, 6.45) is 5.15. The fourth-order valence-corrected chi connectivity index (χ4v) is 1.88. The van der Waals surface area contributed by atoms with Crippen molar-refractivity contribution in [2.75, 3.05) is 18.0 Å². The Morgan fingerprint density at radius 3 is 2.67 bits per heavy atom. The van der Waals surface area contributed by atoms with E-state index >= 15 is 0 Å². The maximum absolute atomic E-state index is 10.6. The third kappa shape index (κ3) is 4.24. The van der Waals surface area contributed by atoms with Gasteiger partial charge in [0.15, 0.2) is 0 Å². The van der Waals surface area contributed by atoms with Crippen LogP contribution in [0.4, 0.5) is 5.69 Å². The van der Waals surface area contributed by atoms with Gasteiger partial charge in [0, 0.05) is 24.9 Å². The zero-order valence-corrected chi connectivity index (χ0v) is 11.1. The molecule has 1 aromatic carbocycles. The number of anilines is 1. The number of nitrogens with zero attached hydrogens (tertiary/aromatic N) is 1. The summed E-state index contributed by atoms with van der Waals surface area (Å²) >= 11 is 0. The molecule has 0 atom stereocenters. The number of para-hydroxylation sites is 1. The molecule has 1 rings (SSSR count). The smallest absolute Gasteiger partial charge is 0.328 e. The van der Waals surface area contributed by atoms with Gasteiger partial charge in [-0.05, 0) is 31.1 Å². The van der Waals surface area contributed by atoms with Crippen LogP contribution >= 0.6 is 0 Å². The van der Waals surface area contributed by atoms with Crippen LogP contribution in [0.1, 0.15) is 32.3 Å². The maximum atomic E-state index is 10.6. The highest BCUT2D eigenvalue weighted by Crippen LogP contribution is 2.22. The second kappa shape index (κ2) is 7.54. The first kappa shape index (κ1) is 14.3. The summed E-state index contributed by atoms with van der Waals surface area (Å²) < 4.78 is 0. The van der Waals surface area contributed by atoms with E-state index in [1.54, 1.807) is 6.08 Å². The number of rotatable bonds is 7. The molecule has 0 saturated heterocycles. The molecule has 0 saturated carbocycles. The Hall–Kier alpha value is -1.77. The van der Waals surface area contributed by atoms with Gasteiger partial charge in [0.25, 0.3) is 0 Å². The molecule has 1 N–H and O–H groups in total. The average Bonchev–Trinajstić information content (AvgIpc) is 2.38. The Balaban J connectivity index is 2.95. The van der Waals surface area contributed by atoms with E-state index in [-0.39, 0.29) is 0 Å². The molecule has 0 aromatic heterocycles. The summed E-state index contributed by atoms with van der Waals surface area (Å²) in [6, 6.07) is 7.91. The van der Waals surface area contributed by atoms with Crippen LogP contribution in [-0.4, -0.2) is 24.2 Å². The second-order valence-corrected chi connectivity index (χ2v) is 4.16. The number of unbranched alkanes of at least 4 members (excludes halogenated alkanes) is 1. The van der Waals surface area contributed by atoms with Gasteiger partial charge in [0.05, 0.1) is 0 Å². The molecule has 3 heteroatoms. The van der Waals surface area contributed by atoms with Gasteiger partial charge in [0.1, 0.15) is 0 Å². The molecule has 18 heavy (non-hydrogen) atoms. The minimum Gasteiger partial charge on any atom is -0.478 e. The van der Waals surface area contributed by atoms with Gasteiger partial charge in [-0.3, -0.25) is 0 Å². The maximum Gasteiger partial charge on any atom is 0.328 e. The van der Waals surface area contributed by atoms with Crippen molar-refractivity contribution in [2.24, 2.45) is 0 Å². The van der Waals surface area contributed by atoms with E-state index in [0.29, 0.717) is 0 Å². The van der Waals surface area contributed by atoms with Crippen LogP contribution in [0, 0.1) is 0 Å². The van der Waals surface area contributed by atoms with Gasteiger partial charge in [-0.15, -0.1) is 0 Å². The minimum absolute atomic E-state index is 0.915. The Labute approximate surface area is 109 Å². The van der Waals surface area contributed by atoms with Crippen molar-refractivity contribution in [3.63, 3.8) is 0 Å². The van der Waals surface area contributed by atoms with Gasteiger partial charge in [-0.1, -0.05) is 31.5 Å². The van der Waals surface area contributed by atoms with E-state index in [0.717, 1.165) is 37.2 Å². The van der Waals surface area contributed by atoms with Crippen LogP contribution in [0.25, 0.3) is 6.08 Å². The monoisotopic (exact) mass is 247 g/mol. The zero-order chi connectivity index (χ0) is 13.4. The third-order valence-corrected chi connectivity index (χ3v) is 2.85. The Bertz CT molecular complexity index is 413. The lowest BCUT2D eigenvalue weighted by Gasteiger charge is -2.24. The van der Waals surface area contributed by atoms with E-state index in [4.69, 9.17) is 5.11 Å². The fourth-order valence-electron chi connectivity index (χ4n) is 1.88. The van der Waals surface area contributed by atoms with Crippen molar-refractivity contribution in [2.45, 2.75) is 26.7 Å². The first-order valence-electron chi connectivity index (χ1n) is 6.44. The van der Waals surface area contributed by atoms with E-state index in [1.165, 1.54) is 6.08 Å². The Morgan fingerprint density at radius 2 is 2.06 bits per heavy atom. The topological polar surface area (TPSA) is 40.5 Å². The summed E-state index contributed by atoms with van der Waals surface area (Å²) in [6.45, 7) is 6.22. The molecule has 0 spiro atoms. The highest BCUT2D eigenvalue weighted by Gasteiger charge is 2.07. The second-order valence-electron chi connectivity index (χ2n) is 4.16. The number of benzene rings is 1. The lowest BCUT2D eigenvalue weighted by molar-refractivity contribution is -0.131. The largest absolute Gasteiger partial charge is 0.478 e. The molecule has 1 aromatic rings. The van der Waals surface area contributed by atoms with Gasteiger partial charge >= 0.3 is 5.97 Å². The van der Waals surface area contributed by atoms with Crippen LogP contribution in [0.3, 0.4) is 0 Å². The number of hydrogen-bond donors (Lipinski definition) is 1. The van der Waals surface area contributed by atoms with E-state index in [9.17, 15) is 4.79 Å². The fraction of sp³-hybridized carbons (Fsp3) is 0.400. The summed E-state index contributed by atoms with van der Waals surface area (Å²) in [7, 11) is 0. The highest BCUT2D eigenvalue weighted by molar-refractivity contribution is 5.87. The van der Waals surface area contributed by atoms with Crippen molar-refractivity contribution >= 4 is 17.7 Å².